The van der Waals surface area contributed by atoms with Gasteiger partial charge in [-0.05, 0) is 31.1 Å². The summed E-state index contributed by atoms with van der Waals surface area (Å²) in [7, 11) is 0. The molecule has 6 nitrogen and oxygen atoms in total. The van der Waals surface area contributed by atoms with Crippen LogP contribution in [0.1, 0.15) is 298 Å². The summed E-state index contributed by atoms with van der Waals surface area (Å²) in [6, 6.07) is 0. The maximum Gasteiger partial charge on any atom is 0.306 e. The number of unbranched alkanes of at least 4 members (excludes halogenated alkanes) is 33. The highest BCUT2D eigenvalue weighted by atomic mass is 16.6. The Hall–Kier alpha value is -1.59. The SMILES string of the molecule is CCCCCCCCCCCCCCCCC(=O)OC[C@H](COC(=O)CCCCCCCCCCCCCCCCC(C)C)OC(=O)CCCCCCCCCCC(C)C. The van der Waals surface area contributed by atoms with Crippen molar-refractivity contribution in [1.82, 2.24) is 0 Å². The average Bonchev–Trinajstić information content (AvgIpc) is 3.22. The standard InChI is InChI=1S/C54H104O6/c1-6-7-8-9-10-11-12-13-17-20-23-29-34-39-44-52(55)58-47-51(60-54(57)46-41-36-31-26-25-28-33-38-43-50(4)5)48-59-53(56)45-40-35-30-24-21-18-15-14-16-19-22-27-32-37-42-49(2)3/h49-51H,6-48H2,1-5H3/t51-/m1/s1. The molecule has 0 radical (unpaired) electrons. The minimum absolute atomic E-state index is 0.0638. The number of carbonyl (C=O) groups excluding carboxylic acids is 3. The fraction of sp³-hybridized carbons (Fsp3) is 0.944. The molecule has 1 atom stereocenters. The smallest absolute Gasteiger partial charge is 0.306 e. The number of hydrogen-bond acceptors (Lipinski definition) is 6. The van der Waals surface area contributed by atoms with Crippen LogP contribution in [0.3, 0.4) is 0 Å². The van der Waals surface area contributed by atoms with E-state index < -0.39 is 6.10 Å². The summed E-state index contributed by atoms with van der Waals surface area (Å²) < 4.78 is 16.8. The first-order valence-electron chi connectivity index (χ1n) is 26.7. The monoisotopic (exact) mass is 849 g/mol. The van der Waals surface area contributed by atoms with E-state index in [0.717, 1.165) is 69.6 Å². The first-order chi connectivity index (χ1) is 29.2. The van der Waals surface area contributed by atoms with Gasteiger partial charge in [-0.1, -0.05) is 259 Å². The average molecular weight is 849 g/mol. The molecule has 0 heterocycles. The van der Waals surface area contributed by atoms with Crippen LogP contribution >= 0.6 is 0 Å². The number of ether oxygens (including phenoxy) is 3. The van der Waals surface area contributed by atoms with Gasteiger partial charge in [-0.25, -0.2) is 0 Å². The van der Waals surface area contributed by atoms with E-state index in [-0.39, 0.29) is 31.1 Å². The molecule has 356 valence electrons. The molecule has 0 fully saturated rings. The molecule has 0 aliphatic rings. The number of hydrogen-bond donors (Lipinski definition) is 0. The van der Waals surface area contributed by atoms with E-state index in [2.05, 4.69) is 34.6 Å². The number of rotatable bonds is 48. The molecule has 0 aromatic carbocycles. The summed E-state index contributed by atoms with van der Waals surface area (Å²) in [5, 5.41) is 0. The van der Waals surface area contributed by atoms with Crippen molar-refractivity contribution in [1.29, 1.82) is 0 Å². The Morgan fingerprint density at radius 3 is 0.817 bits per heavy atom. The topological polar surface area (TPSA) is 78.9 Å². The second-order valence-corrected chi connectivity index (χ2v) is 19.5. The molecule has 0 aromatic rings. The molecule has 0 amide bonds. The highest BCUT2D eigenvalue weighted by molar-refractivity contribution is 5.71. The molecule has 6 heteroatoms. The summed E-state index contributed by atoms with van der Waals surface area (Å²) in [6.45, 7) is 11.4. The Labute approximate surface area is 374 Å². The molecule has 0 aromatic heterocycles. The molecule has 0 saturated carbocycles. The van der Waals surface area contributed by atoms with Gasteiger partial charge in [-0.15, -0.1) is 0 Å². The van der Waals surface area contributed by atoms with Crippen molar-refractivity contribution in [2.45, 2.75) is 304 Å². The molecule has 0 unspecified atom stereocenters. The molecule has 60 heavy (non-hydrogen) atoms. The molecule has 0 saturated heterocycles. The van der Waals surface area contributed by atoms with E-state index in [0.29, 0.717) is 19.3 Å². The Kier molecular flexibility index (Phi) is 45.7. The third-order valence-corrected chi connectivity index (χ3v) is 12.2. The summed E-state index contributed by atoms with van der Waals surface area (Å²) in [6.07, 6.45) is 48.1. The molecule has 0 rings (SSSR count). The van der Waals surface area contributed by atoms with E-state index in [1.165, 1.54) is 186 Å². The van der Waals surface area contributed by atoms with E-state index in [9.17, 15) is 14.4 Å². The van der Waals surface area contributed by atoms with Crippen LogP contribution in [-0.2, 0) is 28.6 Å². The molecule has 0 aliphatic heterocycles. The summed E-state index contributed by atoms with van der Waals surface area (Å²) >= 11 is 0. The molecule has 0 bridgehead atoms. The van der Waals surface area contributed by atoms with Crippen LogP contribution < -0.4 is 0 Å². The quantitative estimate of drug-likeness (QED) is 0.0345. The van der Waals surface area contributed by atoms with Gasteiger partial charge in [0.05, 0.1) is 0 Å². The van der Waals surface area contributed by atoms with Crippen molar-refractivity contribution in [2.75, 3.05) is 13.2 Å². The van der Waals surface area contributed by atoms with Crippen LogP contribution in [0, 0.1) is 11.8 Å². The molecule has 0 aliphatic carbocycles. The van der Waals surface area contributed by atoms with Gasteiger partial charge >= 0.3 is 17.9 Å². The summed E-state index contributed by atoms with van der Waals surface area (Å²) in [4.78, 5) is 38.0. The Morgan fingerprint density at radius 1 is 0.317 bits per heavy atom. The predicted octanol–water partition coefficient (Wildman–Crippen LogP) is 17.3. The summed E-state index contributed by atoms with van der Waals surface area (Å²) in [5.41, 5.74) is 0. The minimum atomic E-state index is -0.762. The van der Waals surface area contributed by atoms with E-state index in [4.69, 9.17) is 14.2 Å². The van der Waals surface area contributed by atoms with Crippen LogP contribution in [-0.4, -0.2) is 37.2 Å². The van der Waals surface area contributed by atoms with Crippen LogP contribution in [0.4, 0.5) is 0 Å². The van der Waals surface area contributed by atoms with Crippen molar-refractivity contribution in [2.24, 2.45) is 11.8 Å². The zero-order chi connectivity index (χ0) is 44.0. The van der Waals surface area contributed by atoms with Gasteiger partial charge in [0.1, 0.15) is 13.2 Å². The van der Waals surface area contributed by atoms with Crippen LogP contribution in [0.2, 0.25) is 0 Å². The predicted molar refractivity (Wildman–Crippen MR) is 256 cm³/mol. The fourth-order valence-corrected chi connectivity index (χ4v) is 8.17. The largest absolute Gasteiger partial charge is 0.462 e. The Balaban J connectivity index is 4.27. The third kappa shape index (κ3) is 47.5. The Morgan fingerprint density at radius 2 is 0.550 bits per heavy atom. The van der Waals surface area contributed by atoms with Crippen molar-refractivity contribution < 1.29 is 28.6 Å². The third-order valence-electron chi connectivity index (χ3n) is 12.2. The van der Waals surface area contributed by atoms with Crippen molar-refractivity contribution >= 4 is 17.9 Å². The lowest BCUT2D eigenvalue weighted by Gasteiger charge is -2.18. The van der Waals surface area contributed by atoms with E-state index in [1.54, 1.807) is 0 Å². The highest BCUT2D eigenvalue weighted by Gasteiger charge is 2.19. The van der Waals surface area contributed by atoms with E-state index >= 15 is 0 Å². The molecule has 0 spiro atoms. The first-order valence-corrected chi connectivity index (χ1v) is 26.7. The minimum Gasteiger partial charge on any atom is -0.462 e. The first kappa shape index (κ1) is 58.4. The zero-order valence-corrected chi connectivity index (χ0v) is 41.1. The Bertz CT molecular complexity index is 916. The van der Waals surface area contributed by atoms with Crippen LogP contribution in [0.15, 0.2) is 0 Å². The molecular formula is C54H104O6. The van der Waals surface area contributed by atoms with Gasteiger partial charge in [0.2, 0.25) is 0 Å². The normalized spacial score (nSPS) is 12.1. The van der Waals surface area contributed by atoms with Gasteiger partial charge in [0.25, 0.3) is 0 Å². The number of carbonyl (C=O) groups is 3. The highest BCUT2D eigenvalue weighted by Crippen LogP contribution is 2.17. The number of esters is 3. The molecule has 0 N–H and O–H groups in total. The maximum absolute atomic E-state index is 12.8. The van der Waals surface area contributed by atoms with Gasteiger partial charge in [-0.2, -0.15) is 0 Å². The lowest BCUT2D eigenvalue weighted by atomic mass is 10.0. The fourth-order valence-electron chi connectivity index (χ4n) is 8.17. The van der Waals surface area contributed by atoms with Crippen molar-refractivity contribution in [3.05, 3.63) is 0 Å². The molecular weight excluding hydrogens is 745 g/mol. The van der Waals surface area contributed by atoms with E-state index in [1.807, 2.05) is 0 Å². The van der Waals surface area contributed by atoms with Gasteiger partial charge in [0.15, 0.2) is 6.10 Å². The van der Waals surface area contributed by atoms with Gasteiger partial charge in [-0.3, -0.25) is 14.4 Å². The second-order valence-electron chi connectivity index (χ2n) is 19.5. The van der Waals surface area contributed by atoms with Crippen molar-refractivity contribution in [3.8, 4) is 0 Å². The lowest BCUT2D eigenvalue weighted by Crippen LogP contribution is -2.30. The summed E-state index contributed by atoms with van der Waals surface area (Å²) in [5.74, 6) is 0.791. The zero-order valence-electron chi connectivity index (χ0n) is 41.1. The van der Waals surface area contributed by atoms with Crippen LogP contribution in [0.5, 0.6) is 0 Å². The maximum atomic E-state index is 12.8. The second kappa shape index (κ2) is 46.9. The van der Waals surface area contributed by atoms with Crippen molar-refractivity contribution in [3.63, 3.8) is 0 Å². The lowest BCUT2D eigenvalue weighted by molar-refractivity contribution is -0.167. The van der Waals surface area contributed by atoms with Gasteiger partial charge < -0.3 is 14.2 Å². The van der Waals surface area contributed by atoms with Gasteiger partial charge in [0, 0.05) is 19.3 Å². The van der Waals surface area contributed by atoms with Crippen LogP contribution in [0.25, 0.3) is 0 Å².